The Balaban J connectivity index is 1.80. The van der Waals surface area contributed by atoms with Crippen LogP contribution in [-0.4, -0.2) is 24.0 Å². The number of hydrogen-bond acceptors (Lipinski definition) is 3. The topological polar surface area (TPSA) is 54.0 Å². The van der Waals surface area contributed by atoms with Gasteiger partial charge in [0.1, 0.15) is 0 Å². The fourth-order valence-electron chi connectivity index (χ4n) is 2.63. The number of amides is 1. The van der Waals surface area contributed by atoms with Gasteiger partial charge in [-0.05, 0) is 38.1 Å². The van der Waals surface area contributed by atoms with Gasteiger partial charge in [0.2, 0.25) is 5.91 Å². The van der Waals surface area contributed by atoms with Crippen molar-refractivity contribution in [2.75, 3.05) is 18.4 Å². The van der Waals surface area contributed by atoms with Crippen LogP contribution in [0.3, 0.4) is 0 Å². The number of nitrogens with one attached hydrogen (secondary N) is 2. The predicted molar refractivity (Wildman–Crippen MR) is 80.6 cm³/mol. The molecule has 1 aromatic carbocycles. The molecule has 1 aromatic heterocycles. The highest BCUT2D eigenvalue weighted by atomic mass is 16.2. The fraction of sp³-hybridized carbons (Fsp3) is 0.375. The average molecular weight is 269 g/mol. The molecule has 1 aliphatic heterocycles. The second kappa shape index (κ2) is 5.21. The molecule has 0 aliphatic carbocycles. The Hall–Kier alpha value is -1.94. The van der Waals surface area contributed by atoms with Gasteiger partial charge in [0.05, 0.1) is 17.4 Å². The number of hydrogen-bond donors (Lipinski definition) is 2. The van der Waals surface area contributed by atoms with Crippen LogP contribution in [0, 0.1) is 5.41 Å². The number of rotatable bonds is 2. The number of anilines is 1. The van der Waals surface area contributed by atoms with Crippen LogP contribution in [0.4, 0.5) is 5.69 Å². The molecule has 1 amide bonds. The summed E-state index contributed by atoms with van der Waals surface area (Å²) >= 11 is 0. The summed E-state index contributed by atoms with van der Waals surface area (Å²) < 4.78 is 0. The van der Waals surface area contributed by atoms with Gasteiger partial charge in [-0.3, -0.25) is 9.78 Å². The summed E-state index contributed by atoms with van der Waals surface area (Å²) in [5, 5.41) is 7.35. The van der Waals surface area contributed by atoms with Crippen LogP contribution in [0.15, 0.2) is 36.5 Å². The van der Waals surface area contributed by atoms with E-state index in [2.05, 4.69) is 15.6 Å². The standard InChI is InChI=1S/C16H19N3O/c1-16(6-8-17-9-7-16)15(20)19-13-10-12-4-2-3-5-14(12)18-11-13/h2-5,10-11,17H,6-9H2,1H3,(H,19,20). The van der Waals surface area contributed by atoms with Gasteiger partial charge in [0.15, 0.2) is 0 Å². The van der Waals surface area contributed by atoms with E-state index in [1.807, 2.05) is 37.3 Å². The number of aromatic nitrogens is 1. The first kappa shape index (κ1) is 13.1. The monoisotopic (exact) mass is 269 g/mol. The van der Waals surface area contributed by atoms with Gasteiger partial charge in [-0.2, -0.15) is 0 Å². The molecule has 2 heterocycles. The van der Waals surface area contributed by atoms with Crippen LogP contribution in [0.1, 0.15) is 19.8 Å². The number of benzene rings is 1. The molecule has 3 rings (SSSR count). The van der Waals surface area contributed by atoms with E-state index in [4.69, 9.17) is 0 Å². The highest BCUT2D eigenvalue weighted by molar-refractivity contribution is 5.96. The molecule has 0 unspecified atom stereocenters. The first-order valence-electron chi connectivity index (χ1n) is 7.04. The summed E-state index contributed by atoms with van der Waals surface area (Å²) in [5.41, 5.74) is 1.43. The van der Waals surface area contributed by atoms with Crippen molar-refractivity contribution in [3.63, 3.8) is 0 Å². The van der Waals surface area contributed by atoms with E-state index in [1.54, 1.807) is 6.20 Å². The SMILES string of the molecule is CC1(C(=O)Nc2cnc3ccccc3c2)CCNCC1. The van der Waals surface area contributed by atoms with Crippen LogP contribution < -0.4 is 10.6 Å². The largest absolute Gasteiger partial charge is 0.324 e. The lowest BCUT2D eigenvalue weighted by atomic mass is 9.80. The van der Waals surface area contributed by atoms with Crippen molar-refractivity contribution in [3.8, 4) is 0 Å². The van der Waals surface area contributed by atoms with Crippen molar-refractivity contribution in [1.29, 1.82) is 0 Å². The summed E-state index contributed by atoms with van der Waals surface area (Å²) in [6, 6.07) is 9.89. The molecule has 1 aliphatic rings. The molecule has 1 fully saturated rings. The Morgan fingerprint density at radius 1 is 1.30 bits per heavy atom. The molecule has 0 bridgehead atoms. The molecule has 4 nitrogen and oxygen atoms in total. The lowest BCUT2D eigenvalue weighted by Crippen LogP contribution is -2.42. The average Bonchev–Trinajstić information content (AvgIpc) is 2.48. The number of para-hydroxylation sites is 1. The number of piperidine rings is 1. The number of nitrogens with zero attached hydrogens (tertiary/aromatic N) is 1. The minimum atomic E-state index is -0.281. The van der Waals surface area contributed by atoms with Gasteiger partial charge in [-0.1, -0.05) is 25.1 Å². The third-order valence-electron chi connectivity index (χ3n) is 4.10. The number of fused-ring (bicyclic) bond motifs is 1. The minimum Gasteiger partial charge on any atom is -0.324 e. The van der Waals surface area contributed by atoms with Gasteiger partial charge in [-0.25, -0.2) is 0 Å². The molecule has 4 heteroatoms. The van der Waals surface area contributed by atoms with Gasteiger partial charge in [0, 0.05) is 10.8 Å². The zero-order valence-corrected chi connectivity index (χ0v) is 11.6. The minimum absolute atomic E-state index is 0.0936. The Bertz CT molecular complexity index is 632. The highest BCUT2D eigenvalue weighted by Crippen LogP contribution is 2.29. The maximum absolute atomic E-state index is 12.5. The number of carbonyl (C=O) groups excluding carboxylic acids is 1. The lowest BCUT2D eigenvalue weighted by molar-refractivity contribution is -0.126. The van der Waals surface area contributed by atoms with E-state index in [0.717, 1.165) is 42.5 Å². The lowest BCUT2D eigenvalue weighted by Gasteiger charge is -2.32. The first-order valence-corrected chi connectivity index (χ1v) is 7.04. The Morgan fingerprint density at radius 2 is 2.05 bits per heavy atom. The van der Waals surface area contributed by atoms with Crippen molar-refractivity contribution in [2.24, 2.45) is 5.41 Å². The fourth-order valence-corrected chi connectivity index (χ4v) is 2.63. The Labute approximate surface area is 118 Å². The number of pyridine rings is 1. The molecular formula is C16H19N3O. The molecule has 0 atom stereocenters. The number of carbonyl (C=O) groups is 1. The summed E-state index contributed by atoms with van der Waals surface area (Å²) in [7, 11) is 0. The van der Waals surface area contributed by atoms with E-state index in [0.29, 0.717) is 0 Å². The predicted octanol–water partition coefficient (Wildman–Crippen LogP) is 2.56. The van der Waals surface area contributed by atoms with Crippen LogP contribution >= 0.6 is 0 Å². The third-order valence-corrected chi connectivity index (χ3v) is 4.10. The summed E-state index contributed by atoms with van der Waals surface area (Å²) in [5.74, 6) is 0.0936. The van der Waals surface area contributed by atoms with Crippen molar-refractivity contribution in [2.45, 2.75) is 19.8 Å². The van der Waals surface area contributed by atoms with E-state index < -0.39 is 0 Å². The van der Waals surface area contributed by atoms with E-state index in [9.17, 15) is 4.79 Å². The zero-order chi connectivity index (χ0) is 14.0. The smallest absolute Gasteiger partial charge is 0.230 e. The van der Waals surface area contributed by atoms with Crippen molar-refractivity contribution >= 4 is 22.5 Å². The zero-order valence-electron chi connectivity index (χ0n) is 11.6. The Morgan fingerprint density at radius 3 is 2.85 bits per heavy atom. The second-order valence-electron chi connectivity index (χ2n) is 5.68. The summed E-state index contributed by atoms with van der Waals surface area (Å²) in [6.07, 6.45) is 3.48. The molecule has 20 heavy (non-hydrogen) atoms. The first-order chi connectivity index (χ1) is 9.67. The Kier molecular flexibility index (Phi) is 3.40. The molecule has 0 radical (unpaired) electrons. The van der Waals surface area contributed by atoms with Crippen LogP contribution in [-0.2, 0) is 4.79 Å². The second-order valence-corrected chi connectivity index (χ2v) is 5.68. The van der Waals surface area contributed by atoms with Crippen LogP contribution in [0.5, 0.6) is 0 Å². The van der Waals surface area contributed by atoms with Gasteiger partial charge in [0.25, 0.3) is 0 Å². The molecule has 0 spiro atoms. The molecule has 104 valence electrons. The molecule has 2 aromatic rings. The highest BCUT2D eigenvalue weighted by Gasteiger charge is 2.34. The molecule has 0 saturated carbocycles. The van der Waals surface area contributed by atoms with Crippen LogP contribution in [0.2, 0.25) is 0 Å². The normalized spacial score (nSPS) is 17.9. The quantitative estimate of drug-likeness (QED) is 0.881. The van der Waals surface area contributed by atoms with Gasteiger partial charge in [-0.15, -0.1) is 0 Å². The van der Waals surface area contributed by atoms with Crippen LogP contribution in [0.25, 0.3) is 10.9 Å². The van der Waals surface area contributed by atoms with E-state index in [-0.39, 0.29) is 11.3 Å². The molecule has 2 N–H and O–H groups in total. The van der Waals surface area contributed by atoms with Crippen molar-refractivity contribution in [1.82, 2.24) is 10.3 Å². The maximum atomic E-state index is 12.5. The summed E-state index contributed by atoms with van der Waals surface area (Å²) in [6.45, 7) is 3.84. The third kappa shape index (κ3) is 2.51. The molecule has 1 saturated heterocycles. The van der Waals surface area contributed by atoms with E-state index >= 15 is 0 Å². The summed E-state index contributed by atoms with van der Waals surface area (Å²) in [4.78, 5) is 16.8. The van der Waals surface area contributed by atoms with Crippen molar-refractivity contribution in [3.05, 3.63) is 36.5 Å². The van der Waals surface area contributed by atoms with Gasteiger partial charge < -0.3 is 10.6 Å². The maximum Gasteiger partial charge on any atom is 0.230 e. The van der Waals surface area contributed by atoms with Gasteiger partial charge >= 0.3 is 0 Å². The van der Waals surface area contributed by atoms with Crippen molar-refractivity contribution < 1.29 is 4.79 Å². The van der Waals surface area contributed by atoms with E-state index in [1.165, 1.54) is 0 Å². The molecular weight excluding hydrogens is 250 g/mol.